The van der Waals surface area contributed by atoms with E-state index in [1.54, 1.807) is 12.4 Å². The molecule has 2 aliphatic heterocycles. The van der Waals surface area contributed by atoms with Crippen LogP contribution in [-0.4, -0.2) is 75.8 Å². The number of ether oxygens (including phenoxy) is 2. The van der Waals surface area contributed by atoms with Gasteiger partial charge < -0.3 is 29.9 Å². The molecular formula is C37H41N5O6. The van der Waals surface area contributed by atoms with Gasteiger partial charge in [-0.25, -0.2) is 9.97 Å². The molecule has 0 radical (unpaired) electrons. The maximum absolute atomic E-state index is 12.1. The number of rotatable bonds is 12. The van der Waals surface area contributed by atoms with Crippen molar-refractivity contribution in [2.75, 3.05) is 37.6 Å². The fraction of sp³-hybridized carbons (Fsp3) is 0.351. The molecule has 250 valence electrons. The molecule has 4 aromatic rings. The summed E-state index contributed by atoms with van der Waals surface area (Å²) in [5.41, 5.74) is 5.70. The predicted octanol–water partition coefficient (Wildman–Crippen LogP) is 4.48. The van der Waals surface area contributed by atoms with E-state index in [1.165, 1.54) is 0 Å². The third-order valence-corrected chi connectivity index (χ3v) is 8.76. The second-order valence-electron chi connectivity index (χ2n) is 12.2. The Bertz CT molecular complexity index is 1660. The summed E-state index contributed by atoms with van der Waals surface area (Å²) in [5, 5.41) is 21.2. The van der Waals surface area contributed by atoms with E-state index in [1.807, 2.05) is 72.8 Å². The molecule has 0 bridgehead atoms. The molecule has 0 spiro atoms. The van der Waals surface area contributed by atoms with Gasteiger partial charge in [0, 0.05) is 70.1 Å². The number of benzene rings is 3. The van der Waals surface area contributed by atoms with Crippen LogP contribution >= 0.6 is 0 Å². The Hall–Kier alpha value is -4.68. The van der Waals surface area contributed by atoms with Crippen LogP contribution in [0.4, 0.5) is 5.95 Å². The largest absolute Gasteiger partial charge is 0.481 e. The normalized spacial score (nSPS) is 19.9. The second kappa shape index (κ2) is 15.9. The molecule has 3 atom stereocenters. The topological polar surface area (TPSA) is 137 Å². The number of carboxylic acid groups (broad SMARTS) is 1. The van der Waals surface area contributed by atoms with Crippen LogP contribution < -0.4 is 10.2 Å². The molecule has 48 heavy (non-hydrogen) atoms. The van der Waals surface area contributed by atoms with Gasteiger partial charge in [-0.1, -0.05) is 60.7 Å². The molecule has 11 heteroatoms. The monoisotopic (exact) mass is 651 g/mol. The minimum absolute atomic E-state index is 0.00868. The molecule has 3 unspecified atom stereocenters. The molecule has 11 nitrogen and oxygen atoms in total. The Morgan fingerprint density at radius 2 is 1.54 bits per heavy atom. The Kier molecular flexibility index (Phi) is 11.0. The lowest BCUT2D eigenvalue weighted by atomic mass is 9.98. The molecule has 2 aliphatic rings. The molecule has 6 rings (SSSR count). The second-order valence-corrected chi connectivity index (χ2v) is 12.2. The Labute approximate surface area is 280 Å². The van der Waals surface area contributed by atoms with Crippen molar-refractivity contribution in [3.63, 3.8) is 0 Å². The third-order valence-electron chi connectivity index (χ3n) is 8.76. The van der Waals surface area contributed by atoms with Gasteiger partial charge in [0.25, 0.3) is 0 Å². The van der Waals surface area contributed by atoms with Gasteiger partial charge in [-0.05, 0) is 46.0 Å². The summed E-state index contributed by atoms with van der Waals surface area (Å²) in [5.74, 6) is -0.525. The van der Waals surface area contributed by atoms with Gasteiger partial charge in [0.15, 0.2) is 6.29 Å². The van der Waals surface area contributed by atoms with Crippen LogP contribution in [0.5, 0.6) is 0 Å². The molecular weight excluding hydrogens is 610 g/mol. The first-order valence-corrected chi connectivity index (χ1v) is 16.4. The van der Waals surface area contributed by atoms with Gasteiger partial charge in [0.05, 0.1) is 25.2 Å². The first-order valence-electron chi connectivity index (χ1n) is 16.4. The van der Waals surface area contributed by atoms with Gasteiger partial charge in [0.2, 0.25) is 11.9 Å². The van der Waals surface area contributed by atoms with Crippen LogP contribution in [0.3, 0.4) is 0 Å². The van der Waals surface area contributed by atoms with Crippen molar-refractivity contribution in [3.05, 3.63) is 114 Å². The molecule has 1 aromatic heterocycles. The summed E-state index contributed by atoms with van der Waals surface area (Å²) in [7, 11) is 0. The average Bonchev–Trinajstić information content (AvgIpc) is 3.14. The van der Waals surface area contributed by atoms with Crippen LogP contribution in [-0.2, 0) is 32.2 Å². The van der Waals surface area contributed by atoms with Gasteiger partial charge in [-0.15, -0.1) is 0 Å². The highest BCUT2D eigenvalue weighted by molar-refractivity contribution is 5.80. The summed E-state index contributed by atoms with van der Waals surface area (Å²) < 4.78 is 13.3. The van der Waals surface area contributed by atoms with E-state index in [9.17, 15) is 14.7 Å². The summed E-state index contributed by atoms with van der Waals surface area (Å²) in [6.45, 7) is 4.52. The molecule has 0 aliphatic carbocycles. The Morgan fingerprint density at radius 3 is 2.27 bits per heavy atom. The van der Waals surface area contributed by atoms with Crippen LogP contribution in [0.2, 0.25) is 0 Å². The first-order chi connectivity index (χ1) is 23.4. The van der Waals surface area contributed by atoms with Crippen LogP contribution in [0.1, 0.15) is 53.9 Å². The maximum Gasteiger partial charge on any atom is 0.303 e. The van der Waals surface area contributed by atoms with E-state index in [0.29, 0.717) is 13.0 Å². The molecule has 3 aromatic carbocycles. The minimum Gasteiger partial charge on any atom is -0.481 e. The maximum atomic E-state index is 12.1. The number of hydrogen-bond donors (Lipinski definition) is 3. The van der Waals surface area contributed by atoms with E-state index in [4.69, 9.17) is 14.6 Å². The molecule has 2 saturated heterocycles. The smallest absolute Gasteiger partial charge is 0.303 e. The van der Waals surface area contributed by atoms with Crippen LogP contribution in [0, 0.1) is 0 Å². The highest BCUT2D eigenvalue weighted by Crippen LogP contribution is 2.39. The lowest BCUT2D eigenvalue weighted by molar-refractivity contribution is -0.253. The summed E-state index contributed by atoms with van der Waals surface area (Å²) in [6.07, 6.45) is 3.18. The highest BCUT2D eigenvalue weighted by Gasteiger charge is 2.34. The zero-order chi connectivity index (χ0) is 33.3. The third kappa shape index (κ3) is 8.81. The van der Waals surface area contributed by atoms with Crippen molar-refractivity contribution in [1.29, 1.82) is 0 Å². The number of amides is 1. The van der Waals surface area contributed by atoms with E-state index in [2.05, 4.69) is 31.2 Å². The van der Waals surface area contributed by atoms with Crippen LogP contribution in [0.15, 0.2) is 91.3 Å². The van der Waals surface area contributed by atoms with Crippen molar-refractivity contribution >= 4 is 17.8 Å². The van der Waals surface area contributed by atoms with Gasteiger partial charge in [-0.3, -0.25) is 14.5 Å². The van der Waals surface area contributed by atoms with Crippen LogP contribution in [0.25, 0.3) is 11.1 Å². The Balaban J connectivity index is 1.16. The lowest BCUT2D eigenvalue weighted by Crippen LogP contribution is -2.50. The van der Waals surface area contributed by atoms with E-state index < -0.39 is 12.3 Å². The molecule has 0 saturated carbocycles. The summed E-state index contributed by atoms with van der Waals surface area (Å²) >= 11 is 0. The van der Waals surface area contributed by atoms with Gasteiger partial charge in [0.1, 0.15) is 0 Å². The minimum atomic E-state index is -0.993. The van der Waals surface area contributed by atoms with Crippen molar-refractivity contribution in [3.8, 4) is 11.1 Å². The average molecular weight is 652 g/mol. The number of nitrogens with zero attached hydrogens (tertiary/aromatic N) is 4. The van der Waals surface area contributed by atoms with E-state index in [-0.39, 0.29) is 37.6 Å². The summed E-state index contributed by atoms with van der Waals surface area (Å²) in [6, 6.07) is 25.8. The quantitative estimate of drug-likeness (QED) is 0.201. The standard InChI is InChI=1S/C37H41N5O6/c43-25-26-8-10-28(11-9-26)33-22-32(24-41-16-18-42(19-17-41)37-38-14-3-15-39-37)47-36(48-33)31-7-2-6-30(21-31)29-5-1-4-27(20-29)23-40-34(44)12-13-35(45)46/h1-11,14-15,20-21,32-33,36,43H,12-13,16-19,22-25H2,(H,40,44)(H,45,46). The lowest BCUT2D eigenvalue weighted by Gasteiger charge is -2.40. The predicted molar refractivity (Wildman–Crippen MR) is 180 cm³/mol. The molecule has 3 heterocycles. The van der Waals surface area contributed by atoms with E-state index >= 15 is 0 Å². The van der Waals surface area contributed by atoms with E-state index in [0.717, 1.165) is 72.1 Å². The molecule has 3 N–H and O–H groups in total. The SMILES string of the molecule is O=C(O)CCC(=O)NCc1cccc(-c2cccc(C3OC(CN4CCN(c5ncccn5)CC4)CC(c4ccc(CO)cc4)O3)c2)c1. The number of nitrogens with one attached hydrogen (secondary N) is 1. The number of carboxylic acids is 1. The zero-order valence-electron chi connectivity index (χ0n) is 26.8. The highest BCUT2D eigenvalue weighted by atomic mass is 16.7. The van der Waals surface area contributed by atoms with Crippen molar-refractivity contribution in [2.45, 2.75) is 50.9 Å². The number of anilines is 1. The van der Waals surface area contributed by atoms with Crippen molar-refractivity contribution in [2.24, 2.45) is 0 Å². The van der Waals surface area contributed by atoms with Crippen molar-refractivity contribution < 1.29 is 29.3 Å². The van der Waals surface area contributed by atoms with Gasteiger partial charge in [-0.2, -0.15) is 0 Å². The number of aromatic nitrogens is 2. The summed E-state index contributed by atoms with van der Waals surface area (Å²) in [4.78, 5) is 36.3. The number of carbonyl (C=O) groups excluding carboxylic acids is 1. The Morgan fingerprint density at radius 1 is 0.812 bits per heavy atom. The fourth-order valence-corrected chi connectivity index (χ4v) is 6.14. The number of hydrogen-bond acceptors (Lipinski definition) is 9. The number of piperazine rings is 1. The number of carbonyl (C=O) groups is 2. The number of aliphatic carboxylic acids is 1. The zero-order valence-corrected chi connectivity index (χ0v) is 26.8. The number of aliphatic hydroxyl groups is 1. The fourth-order valence-electron chi connectivity index (χ4n) is 6.14. The van der Waals surface area contributed by atoms with Gasteiger partial charge >= 0.3 is 5.97 Å². The molecule has 1 amide bonds. The van der Waals surface area contributed by atoms with Crippen molar-refractivity contribution in [1.82, 2.24) is 20.2 Å². The molecule has 2 fully saturated rings. The number of aliphatic hydroxyl groups excluding tert-OH is 1. The first kappa shape index (κ1) is 33.2.